The number of aliphatic carboxylic acids is 1. The fourth-order valence-corrected chi connectivity index (χ4v) is 2.30. The summed E-state index contributed by atoms with van der Waals surface area (Å²) in [7, 11) is 0. The molecule has 1 heterocycles. The standard InChI is InChI=1S/C11H11BrFNO2/c12-8-3-6(1-2-9(8)13)10-4-7(5-14-10)11(15)16/h1-3,7,10,14H,4-5H2,(H,15,16). The second-order valence-electron chi connectivity index (χ2n) is 3.91. The van der Waals surface area contributed by atoms with E-state index in [1.165, 1.54) is 6.07 Å². The van der Waals surface area contributed by atoms with Crippen LogP contribution in [-0.2, 0) is 4.79 Å². The molecular formula is C11H11BrFNO2. The molecule has 16 heavy (non-hydrogen) atoms. The molecule has 0 bridgehead atoms. The highest BCUT2D eigenvalue weighted by molar-refractivity contribution is 9.10. The zero-order chi connectivity index (χ0) is 11.7. The number of nitrogens with one attached hydrogen (secondary N) is 1. The summed E-state index contributed by atoms with van der Waals surface area (Å²) in [6, 6.07) is 4.76. The first-order valence-electron chi connectivity index (χ1n) is 4.99. The van der Waals surface area contributed by atoms with Crippen molar-refractivity contribution in [3.63, 3.8) is 0 Å². The van der Waals surface area contributed by atoms with E-state index in [0.717, 1.165) is 5.56 Å². The van der Waals surface area contributed by atoms with Crippen LogP contribution in [0.3, 0.4) is 0 Å². The number of carbonyl (C=O) groups is 1. The molecule has 86 valence electrons. The summed E-state index contributed by atoms with van der Waals surface area (Å²) in [6.07, 6.45) is 0.549. The lowest BCUT2D eigenvalue weighted by Crippen LogP contribution is -2.17. The number of halogens is 2. The van der Waals surface area contributed by atoms with Crippen LogP contribution in [0.25, 0.3) is 0 Å². The Morgan fingerprint density at radius 1 is 1.56 bits per heavy atom. The van der Waals surface area contributed by atoms with Gasteiger partial charge >= 0.3 is 5.97 Å². The first-order chi connectivity index (χ1) is 7.58. The van der Waals surface area contributed by atoms with Gasteiger partial charge in [0.25, 0.3) is 0 Å². The third kappa shape index (κ3) is 2.25. The second-order valence-corrected chi connectivity index (χ2v) is 4.76. The number of hydrogen-bond donors (Lipinski definition) is 2. The number of rotatable bonds is 2. The molecule has 2 atom stereocenters. The van der Waals surface area contributed by atoms with E-state index in [9.17, 15) is 9.18 Å². The van der Waals surface area contributed by atoms with Gasteiger partial charge in [0.1, 0.15) is 5.82 Å². The lowest BCUT2D eigenvalue weighted by Gasteiger charge is -2.11. The van der Waals surface area contributed by atoms with E-state index in [1.54, 1.807) is 12.1 Å². The Morgan fingerprint density at radius 2 is 2.31 bits per heavy atom. The minimum atomic E-state index is -0.781. The number of carboxylic acid groups (broad SMARTS) is 1. The maximum atomic E-state index is 13.0. The zero-order valence-corrected chi connectivity index (χ0v) is 10.00. The maximum absolute atomic E-state index is 13.0. The number of hydrogen-bond acceptors (Lipinski definition) is 2. The van der Waals surface area contributed by atoms with Crippen molar-refractivity contribution in [1.29, 1.82) is 0 Å². The molecule has 2 unspecified atom stereocenters. The zero-order valence-electron chi connectivity index (χ0n) is 8.41. The van der Waals surface area contributed by atoms with Crippen LogP contribution in [-0.4, -0.2) is 17.6 Å². The van der Waals surface area contributed by atoms with Gasteiger partial charge in [0, 0.05) is 12.6 Å². The van der Waals surface area contributed by atoms with Crippen molar-refractivity contribution < 1.29 is 14.3 Å². The average Bonchev–Trinajstić information content (AvgIpc) is 2.71. The molecule has 0 aliphatic carbocycles. The van der Waals surface area contributed by atoms with E-state index in [1.807, 2.05) is 0 Å². The fraction of sp³-hybridized carbons (Fsp3) is 0.364. The quantitative estimate of drug-likeness (QED) is 0.878. The molecule has 0 saturated carbocycles. The first-order valence-corrected chi connectivity index (χ1v) is 5.78. The molecule has 5 heteroatoms. The Balaban J connectivity index is 2.14. The minimum absolute atomic E-state index is 0.00185. The Labute approximate surface area is 101 Å². The largest absolute Gasteiger partial charge is 0.481 e. The van der Waals surface area contributed by atoms with Gasteiger partial charge in [0.05, 0.1) is 10.4 Å². The first kappa shape index (κ1) is 11.5. The van der Waals surface area contributed by atoms with Crippen molar-refractivity contribution in [2.75, 3.05) is 6.54 Å². The van der Waals surface area contributed by atoms with E-state index in [0.29, 0.717) is 17.4 Å². The van der Waals surface area contributed by atoms with Gasteiger partial charge in [0.15, 0.2) is 0 Å². The molecule has 2 rings (SSSR count). The fourth-order valence-electron chi connectivity index (χ4n) is 1.91. The van der Waals surface area contributed by atoms with E-state index in [2.05, 4.69) is 21.2 Å². The SMILES string of the molecule is O=C(O)C1CNC(c2ccc(F)c(Br)c2)C1. The molecule has 2 N–H and O–H groups in total. The van der Waals surface area contributed by atoms with Crippen LogP contribution in [0.4, 0.5) is 4.39 Å². The van der Waals surface area contributed by atoms with Gasteiger partial charge in [-0.1, -0.05) is 6.07 Å². The third-order valence-electron chi connectivity index (χ3n) is 2.83. The number of benzene rings is 1. The van der Waals surface area contributed by atoms with E-state index < -0.39 is 5.97 Å². The highest BCUT2D eigenvalue weighted by Crippen LogP contribution is 2.29. The molecule has 0 spiro atoms. The summed E-state index contributed by atoms with van der Waals surface area (Å²) in [5.74, 6) is -1.44. The topological polar surface area (TPSA) is 49.3 Å². The van der Waals surface area contributed by atoms with Crippen molar-refractivity contribution in [2.24, 2.45) is 5.92 Å². The molecule has 1 aliphatic rings. The Bertz CT molecular complexity index is 424. The van der Waals surface area contributed by atoms with Crippen LogP contribution in [0, 0.1) is 11.7 Å². The van der Waals surface area contributed by atoms with Gasteiger partial charge in [-0.05, 0) is 40.0 Å². The van der Waals surface area contributed by atoms with Gasteiger partial charge in [-0.3, -0.25) is 4.79 Å². The summed E-state index contributed by atoms with van der Waals surface area (Å²) < 4.78 is 13.4. The summed E-state index contributed by atoms with van der Waals surface area (Å²) >= 11 is 3.12. The Morgan fingerprint density at radius 3 is 2.88 bits per heavy atom. The van der Waals surface area contributed by atoms with Crippen molar-refractivity contribution in [3.05, 3.63) is 34.1 Å². The van der Waals surface area contributed by atoms with E-state index >= 15 is 0 Å². The van der Waals surface area contributed by atoms with Crippen molar-refractivity contribution in [1.82, 2.24) is 5.32 Å². The van der Waals surface area contributed by atoms with Gasteiger partial charge in [-0.25, -0.2) is 4.39 Å². The summed E-state index contributed by atoms with van der Waals surface area (Å²) in [5, 5.41) is 12.0. The Hall–Kier alpha value is -0.940. The van der Waals surface area contributed by atoms with E-state index in [4.69, 9.17) is 5.11 Å². The molecule has 1 aromatic carbocycles. The van der Waals surface area contributed by atoms with Crippen molar-refractivity contribution in [2.45, 2.75) is 12.5 Å². The molecule has 3 nitrogen and oxygen atoms in total. The Kier molecular flexibility index (Phi) is 3.25. The summed E-state index contributed by atoms with van der Waals surface area (Å²) in [6.45, 7) is 0.467. The van der Waals surface area contributed by atoms with Crippen LogP contribution >= 0.6 is 15.9 Å². The summed E-state index contributed by atoms with van der Waals surface area (Å²) in [4.78, 5) is 10.8. The van der Waals surface area contributed by atoms with Crippen LogP contribution in [0.5, 0.6) is 0 Å². The number of carboxylic acids is 1. The minimum Gasteiger partial charge on any atom is -0.481 e. The molecule has 0 amide bonds. The van der Waals surface area contributed by atoms with Gasteiger partial charge in [0.2, 0.25) is 0 Å². The molecule has 1 aliphatic heterocycles. The van der Waals surface area contributed by atoms with Crippen molar-refractivity contribution in [3.8, 4) is 0 Å². The molecule has 1 aromatic rings. The van der Waals surface area contributed by atoms with Gasteiger partial charge in [-0.2, -0.15) is 0 Å². The van der Waals surface area contributed by atoms with Gasteiger partial charge < -0.3 is 10.4 Å². The average molecular weight is 288 g/mol. The predicted octanol–water partition coefficient (Wildman–Crippen LogP) is 2.32. The highest BCUT2D eigenvalue weighted by Gasteiger charge is 2.30. The lowest BCUT2D eigenvalue weighted by atomic mass is 10.0. The molecule has 0 radical (unpaired) electrons. The predicted molar refractivity (Wildman–Crippen MR) is 60.6 cm³/mol. The molecule has 0 aromatic heterocycles. The third-order valence-corrected chi connectivity index (χ3v) is 3.43. The summed E-state index contributed by atoms with van der Waals surface area (Å²) in [5.41, 5.74) is 0.914. The molecular weight excluding hydrogens is 277 g/mol. The normalized spacial score (nSPS) is 24.6. The van der Waals surface area contributed by atoms with Crippen LogP contribution in [0.15, 0.2) is 22.7 Å². The maximum Gasteiger partial charge on any atom is 0.307 e. The van der Waals surface area contributed by atoms with E-state index in [-0.39, 0.29) is 17.8 Å². The van der Waals surface area contributed by atoms with Gasteiger partial charge in [-0.15, -0.1) is 0 Å². The highest BCUT2D eigenvalue weighted by atomic mass is 79.9. The monoisotopic (exact) mass is 287 g/mol. The molecule has 1 fully saturated rings. The van der Waals surface area contributed by atoms with Crippen LogP contribution in [0.2, 0.25) is 0 Å². The van der Waals surface area contributed by atoms with Crippen LogP contribution < -0.4 is 5.32 Å². The molecule has 1 saturated heterocycles. The van der Waals surface area contributed by atoms with Crippen molar-refractivity contribution >= 4 is 21.9 Å². The second kappa shape index (κ2) is 4.51. The van der Waals surface area contributed by atoms with Crippen LogP contribution in [0.1, 0.15) is 18.0 Å². The lowest BCUT2D eigenvalue weighted by molar-refractivity contribution is -0.141. The smallest absolute Gasteiger partial charge is 0.307 e.